The number of hydrogen-bond acceptors (Lipinski definition) is 3. The lowest BCUT2D eigenvalue weighted by Crippen LogP contribution is -2.03. The summed E-state index contributed by atoms with van der Waals surface area (Å²) < 4.78 is 9.25. The van der Waals surface area contributed by atoms with Gasteiger partial charge in [0.25, 0.3) is 0 Å². The average Bonchev–Trinajstić information content (AvgIpc) is 3.80. The van der Waals surface area contributed by atoms with Crippen LogP contribution in [0.5, 0.6) is 0 Å². The molecular weight excluding hydrogens is 659 g/mol. The van der Waals surface area contributed by atoms with E-state index in [0.29, 0.717) is 5.95 Å². The fourth-order valence-electron chi connectivity index (χ4n) is 8.87. The molecule has 0 unspecified atom stereocenters. The Morgan fingerprint density at radius 1 is 0.370 bits per heavy atom. The van der Waals surface area contributed by atoms with Crippen LogP contribution in [0.4, 0.5) is 0 Å². The largest absolute Gasteiger partial charge is 0.454 e. The molecule has 9 aromatic carbocycles. The van der Waals surface area contributed by atoms with E-state index in [1.54, 1.807) is 0 Å². The van der Waals surface area contributed by atoms with E-state index >= 15 is 0 Å². The van der Waals surface area contributed by atoms with Crippen LogP contribution in [-0.2, 0) is 0 Å². The molecule has 0 aliphatic rings. The monoisotopic (exact) mass is 687 g/mol. The fourth-order valence-corrected chi connectivity index (χ4v) is 8.87. The summed E-state index contributed by atoms with van der Waals surface area (Å²) in [6, 6.07) is 62.2. The van der Waals surface area contributed by atoms with Crippen molar-refractivity contribution in [1.82, 2.24) is 14.5 Å². The van der Waals surface area contributed by atoms with Crippen molar-refractivity contribution in [2.75, 3.05) is 0 Å². The summed E-state index contributed by atoms with van der Waals surface area (Å²) >= 11 is 0. The zero-order valence-electron chi connectivity index (χ0n) is 29.0. The van der Waals surface area contributed by atoms with Crippen LogP contribution in [0.2, 0.25) is 0 Å². The van der Waals surface area contributed by atoms with Crippen LogP contribution in [0.25, 0.3) is 115 Å². The fraction of sp³-hybridized carbons (Fsp3) is 0. The van der Waals surface area contributed by atoms with E-state index in [-0.39, 0.29) is 0 Å². The summed E-state index contributed by atoms with van der Waals surface area (Å²) in [5.41, 5.74) is 8.84. The van der Waals surface area contributed by atoms with Crippen molar-refractivity contribution in [2.24, 2.45) is 0 Å². The molecule has 250 valence electrons. The van der Waals surface area contributed by atoms with Gasteiger partial charge in [-0.25, -0.2) is 9.97 Å². The van der Waals surface area contributed by atoms with E-state index in [0.717, 1.165) is 65.9 Å². The third kappa shape index (κ3) is 4.02. The highest BCUT2D eigenvalue weighted by Gasteiger charge is 2.27. The van der Waals surface area contributed by atoms with Crippen molar-refractivity contribution < 1.29 is 4.42 Å². The Labute approximate surface area is 309 Å². The number of benzene rings is 9. The molecule has 0 bridgehead atoms. The van der Waals surface area contributed by atoms with Gasteiger partial charge in [-0.1, -0.05) is 158 Å². The van der Waals surface area contributed by atoms with Gasteiger partial charge in [-0.2, -0.15) is 0 Å². The highest BCUT2D eigenvalue weighted by atomic mass is 16.3. The molecule has 3 heterocycles. The van der Waals surface area contributed by atoms with Crippen LogP contribution in [0.1, 0.15) is 0 Å². The van der Waals surface area contributed by atoms with Crippen molar-refractivity contribution in [3.05, 3.63) is 176 Å². The van der Waals surface area contributed by atoms with Crippen LogP contribution < -0.4 is 0 Å². The second kappa shape index (κ2) is 11.1. The third-order valence-electron chi connectivity index (χ3n) is 11.2. The summed E-state index contributed by atoms with van der Waals surface area (Å²) in [5.74, 6) is 0.605. The highest BCUT2D eigenvalue weighted by Crippen LogP contribution is 2.50. The zero-order valence-corrected chi connectivity index (χ0v) is 29.0. The quantitative estimate of drug-likeness (QED) is 0.174. The van der Waals surface area contributed by atoms with Gasteiger partial charge in [0, 0.05) is 43.3 Å². The van der Waals surface area contributed by atoms with Gasteiger partial charge in [0.2, 0.25) is 5.95 Å². The second-order valence-electron chi connectivity index (χ2n) is 14.1. The van der Waals surface area contributed by atoms with Gasteiger partial charge in [0.05, 0.1) is 16.7 Å². The normalized spacial score (nSPS) is 12.1. The summed E-state index contributed by atoms with van der Waals surface area (Å²) in [5, 5.41) is 12.8. The Morgan fingerprint density at radius 2 is 0.907 bits per heavy atom. The minimum atomic E-state index is 0.605. The molecule has 0 saturated heterocycles. The molecule has 0 fully saturated rings. The summed E-state index contributed by atoms with van der Waals surface area (Å²) in [6.07, 6.45) is 0. The lowest BCUT2D eigenvalue weighted by molar-refractivity contribution is 0.671. The smallest absolute Gasteiger partial charge is 0.235 e. The van der Waals surface area contributed by atoms with Gasteiger partial charge in [-0.15, -0.1) is 0 Å². The van der Waals surface area contributed by atoms with Crippen molar-refractivity contribution in [1.29, 1.82) is 0 Å². The SMILES string of the molecule is c1ccc(-c2ccc(-c3nc(-n4c5ccccc5c5c6c7ccccc7c7ccccc7c6c6c7ccccc7oc6c54)nc4ccccc34)cc2)cc1. The highest BCUT2D eigenvalue weighted by molar-refractivity contribution is 6.44. The summed E-state index contributed by atoms with van der Waals surface area (Å²) in [4.78, 5) is 10.8. The average molecular weight is 688 g/mol. The molecule has 12 rings (SSSR count). The molecule has 4 heteroatoms. The van der Waals surface area contributed by atoms with Gasteiger partial charge in [0.1, 0.15) is 11.1 Å². The zero-order chi connectivity index (χ0) is 35.3. The van der Waals surface area contributed by atoms with Crippen molar-refractivity contribution >= 4 is 87.0 Å². The van der Waals surface area contributed by atoms with Crippen LogP contribution >= 0.6 is 0 Å². The molecule has 0 spiro atoms. The molecule has 0 aliphatic heterocycles. The molecule has 0 atom stereocenters. The molecule has 0 saturated carbocycles. The molecule has 3 aromatic heterocycles. The number of nitrogens with zero attached hydrogens (tertiary/aromatic N) is 3. The van der Waals surface area contributed by atoms with Crippen molar-refractivity contribution in [3.63, 3.8) is 0 Å². The Kier molecular flexibility index (Phi) is 6.02. The van der Waals surface area contributed by atoms with Crippen LogP contribution in [0, 0.1) is 0 Å². The molecule has 0 N–H and O–H groups in total. The molecule has 0 amide bonds. The lowest BCUT2D eigenvalue weighted by atomic mass is 9.89. The standard InChI is InChI=1S/C50H29N3O/c1-2-14-30(15-3-1)31-26-28-32(29-27-31)47-37-20-8-11-23-40(37)51-50(52-47)53-41-24-12-9-21-38(41)45-43-35-18-6-4-16-33(35)34-17-5-7-19-36(34)44(43)46-39-22-10-13-25-42(39)54-49(46)48(45)53/h1-29H. The Bertz CT molecular complexity index is 3490. The molecule has 54 heavy (non-hydrogen) atoms. The van der Waals surface area contributed by atoms with E-state index in [4.69, 9.17) is 14.4 Å². The Morgan fingerprint density at radius 3 is 1.65 bits per heavy atom. The third-order valence-corrected chi connectivity index (χ3v) is 11.2. The maximum absolute atomic E-state index is 7.01. The number of furan rings is 1. The van der Waals surface area contributed by atoms with Gasteiger partial charge < -0.3 is 4.42 Å². The first kappa shape index (κ1) is 29.3. The predicted molar refractivity (Wildman–Crippen MR) is 225 cm³/mol. The van der Waals surface area contributed by atoms with Gasteiger partial charge in [-0.3, -0.25) is 4.57 Å². The maximum atomic E-state index is 7.01. The van der Waals surface area contributed by atoms with Crippen LogP contribution in [-0.4, -0.2) is 14.5 Å². The van der Waals surface area contributed by atoms with E-state index in [1.807, 2.05) is 6.07 Å². The van der Waals surface area contributed by atoms with Gasteiger partial charge in [0.15, 0.2) is 5.58 Å². The molecule has 0 radical (unpaired) electrons. The summed E-state index contributed by atoms with van der Waals surface area (Å²) in [7, 11) is 0. The van der Waals surface area contributed by atoms with E-state index in [2.05, 4.69) is 174 Å². The van der Waals surface area contributed by atoms with Crippen molar-refractivity contribution in [3.8, 4) is 28.3 Å². The Hall–Kier alpha value is -7.30. The first-order chi connectivity index (χ1) is 26.8. The number of hydrogen-bond donors (Lipinski definition) is 0. The molecule has 0 aliphatic carbocycles. The Balaban J connectivity index is 1.27. The van der Waals surface area contributed by atoms with Crippen molar-refractivity contribution in [2.45, 2.75) is 0 Å². The first-order valence-corrected chi connectivity index (χ1v) is 18.3. The molecule has 12 aromatic rings. The van der Waals surface area contributed by atoms with Crippen LogP contribution in [0.3, 0.4) is 0 Å². The van der Waals surface area contributed by atoms with Gasteiger partial charge >= 0.3 is 0 Å². The maximum Gasteiger partial charge on any atom is 0.235 e. The lowest BCUT2D eigenvalue weighted by Gasteiger charge is -2.14. The minimum absolute atomic E-state index is 0.605. The number of fused-ring (bicyclic) bond motifs is 16. The first-order valence-electron chi connectivity index (χ1n) is 18.3. The van der Waals surface area contributed by atoms with Crippen LogP contribution in [0.15, 0.2) is 180 Å². The number of aromatic nitrogens is 3. The number of rotatable bonds is 3. The van der Waals surface area contributed by atoms with E-state index in [1.165, 1.54) is 43.4 Å². The van der Waals surface area contributed by atoms with Gasteiger partial charge in [-0.05, 0) is 50.9 Å². The second-order valence-corrected chi connectivity index (χ2v) is 14.1. The minimum Gasteiger partial charge on any atom is -0.454 e. The predicted octanol–water partition coefficient (Wildman–Crippen LogP) is 13.4. The van der Waals surface area contributed by atoms with E-state index < -0.39 is 0 Å². The topological polar surface area (TPSA) is 43.9 Å². The van der Waals surface area contributed by atoms with E-state index in [9.17, 15) is 0 Å². The molecule has 4 nitrogen and oxygen atoms in total. The summed E-state index contributed by atoms with van der Waals surface area (Å²) in [6.45, 7) is 0. The molecular formula is C50H29N3O. The number of para-hydroxylation sites is 3.